The maximum atomic E-state index is 11.6. The van der Waals surface area contributed by atoms with Crippen molar-refractivity contribution in [3.63, 3.8) is 0 Å². The highest BCUT2D eigenvalue weighted by molar-refractivity contribution is 6.02. The van der Waals surface area contributed by atoms with Gasteiger partial charge >= 0.3 is 0 Å². The predicted molar refractivity (Wildman–Crippen MR) is 54.8 cm³/mol. The molecule has 0 spiro atoms. The van der Waals surface area contributed by atoms with Crippen LogP contribution in [0, 0.1) is 12.8 Å². The van der Waals surface area contributed by atoms with Crippen molar-refractivity contribution >= 4 is 11.5 Å². The summed E-state index contributed by atoms with van der Waals surface area (Å²) in [5, 5.41) is 0. The summed E-state index contributed by atoms with van der Waals surface area (Å²) in [5.41, 5.74) is 8.00. The van der Waals surface area contributed by atoms with Crippen molar-refractivity contribution in [2.45, 2.75) is 20.8 Å². The molecular weight excluding hydrogens is 162 g/mol. The van der Waals surface area contributed by atoms with Crippen LogP contribution in [-0.4, -0.2) is 5.78 Å². The van der Waals surface area contributed by atoms with Crippen molar-refractivity contribution in [2.75, 3.05) is 5.73 Å². The van der Waals surface area contributed by atoms with Crippen LogP contribution in [0.5, 0.6) is 0 Å². The molecule has 0 aliphatic carbocycles. The van der Waals surface area contributed by atoms with E-state index in [1.807, 2.05) is 32.9 Å². The van der Waals surface area contributed by atoms with Gasteiger partial charge in [0.05, 0.1) is 0 Å². The Balaban J connectivity index is 3.13. The number of ketones is 1. The Labute approximate surface area is 78.8 Å². The highest BCUT2D eigenvalue weighted by Gasteiger charge is 2.12. The second-order valence-electron chi connectivity index (χ2n) is 3.61. The van der Waals surface area contributed by atoms with Gasteiger partial charge in [0.1, 0.15) is 0 Å². The molecule has 0 aliphatic heterocycles. The summed E-state index contributed by atoms with van der Waals surface area (Å²) in [7, 11) is 0. The number of benzene rings is 1. The third-order valence-electron chi connectivity index (χ3n) is 2.00. The Morgan fingerprint density at radius 2 is 2.00 bits per heavy atom. The van der Waals surface area contributed by atoms with Crippen LogP contribution in [0.3, 0.4) is 0 Å². The molecule has 0 unspecified atom stereocenters. The highest BCUT2D eigenvalue weighted by Crippen LogP contribution is 2.17. The van der Waals surface area contributed by atoms with Crippen molar-refractivity contribution in [2.24, 2.45) is 5.92 Å². The molecule has 1 rings (SSSR count). The Bertz CT molecular complexity index is 329. The molecule has 2 heteroatoms. The fourth-order valence-electron chi connectivity index (χ4n) is 1.19. The van der Waals surface area contributed by atoms with Crippen LogP contribution in [-0.2, 0) is 0 Å². The first-order chi connectivity index (χ1) is 6.02. The van der Waals surface area contributed by atoms with E-state index in [0.29, 0.717) is 11.3 Å². The van der Waals surface area contributed by atoms with Crippen LogP contribution < -0.4 is 5.73 Å². The van der Waals surface area contributed by atoms with Crippen molar-refractivity contribution < 1.29 is 4.79 Å². The molecule has 1 aromatic rings. The molecular formula is C11H15NO. The summed E-state index contributed by atoms with van der Waals surface area (Å²) < 4.78 is 0. The average Bonchev–Trinajstić information content (AvgIpc) is 2.08. The zero-order valence-corrected chi connectivity index (χ0v) is 8.29. The Morgan fingerprint density at radius 3 is 2.54 bits per heavy atom. The number of nitrogens with two attached hydrogens (primary N) is 1. The lowest BCUT2D eigenvalue weighted by Crippen LogP contribution is -2.10. The van der Waals surface area contributed by atoms with Gasteiger partial charge in [-0.2, -0.15) is 0 Å². The van der Waals surface area contributed by atoms with Gasteiger partial charge in [-0.05, 0) is 19.1 Å². The summed E-state index contributed by atoms with van der Waals surface area (Å²) in [5.74, 6) is 0.116. The van der Waals surface area contributed by atoms with E-state index in [1.54, 1.807) is 6.07 Å². The minimum absolute atomic E-state index is 0.00380. The van der Waals surface area contributed by atoms with Crippen LogP contribution >= 0.6 is 0 Å². The van der Waals surface area contributed by atoms with Crippen molar-refractivity contribution in [3.8, 4) is 0 Å². The maximum absolute atomic E-state index is 11.6. The smallest absolute Gasteiger partial charge is 0.167 e. The minimum atomic E-state index is 0.00380. The standard InChI is InChI=1S/C11H15NO/c1-7(2)11(13)9-6-8(3)4-5-10(9)12/h4-7H,12H2,1-3H3. The lowest BCUT2D eigenvalue weighted by Gasteiger charge is -2.07. The molecule has 2 N–H and O–H groups in total. The molecule has 1 aromatic carbocycles. The van der Waals surface area contributed by atoms with Crippen LogP contribution in [0.15, 0.2) is 18.2 Å². The summed E-state index contributed by atoms with van der Waals surface area (Å²) in [6.45, 7) is 5.71. The van der Waals surface area contributed by atoms with Gasteiger partial charge < -0.3 is 5.73 Å². The molecule has 13 heavy (non-hydrogen) atoms. The van der Waals surface area contributed by atoms with Gasteiger partial charge in [0.25, 0.3) is 0 Å². The SMILES string of the molecule is Cc1ccc(N)c(C(=O)C(C)C)c1. The lowest BCUT2D eigenvalue weighted by atomic mass is 9.98. The molecule has 0 saturated heterocycles. The zero-order chi connectivity index (χ0) is 10.0. The molecule has 0 aliphatic rings. The van der Waals surface area contributed by atoms with Crippen molar-refractivity contribution in [3.05, 3.63) is 29.3 Å². The summed E-state index contributed by atoms with van der Waals surface area (Å²) >= 11 is 0. The third kappa shape index (κ3) is 2.08. The molecule has 2 nitrogen and oxygen atoms in total. The topological polar surface area (TPSA) is 43.1 Å². The highest BCUT2D eigenvalue weighted by atomic mass is 16.1. The first-order valence-electron chi connectivity index (χ1n) is 4.42. The number of rotatable bonds is 2. The molecule has 0 bridgehead atoms. The first-order valence-corrected chi connectivity index (χ1v) is 4.42. The third-order valence-corrected chi connectivity index (χ3v) is 2.00. The number of carbonyl (C=O) groups is 1. The van der Waals surface area contributed by atoms with E-state index in [0.717, 1.165) is 5.56 Å². The van der Waals surface area contributed by atoms with Gasteiger partial charge in [-0.25, -0.2) is 0 Å². The van der Waals surface area contributed by atoms with Crippen molar-refractivity contribution in [1.29, 1.82) is 0 Å². The van der Waals surface area contributed by atoms with E-state index in [-0.39, 0.29) is 11.7 Å². The predicted octanol–water partition coefficient (Wildman–Crippen LogP) is 2.42. The molecule has 0 atom stereocenters. The van der Waals surface area contributed by atoms with Crippen LogP contribution in [0.2, 0.25) is 0 Å². The summed E-state index contributed by atoms with van der Waals surface area (Å²) in [4.78, 5) is 11.6. The van der Waals surface area contributed by atoms with Crippen molar-refractivity contribution in [1.82, 2.24) is 0 Å². The van der Waals surface area contributed by atoms with Gasteiger partial charge in [0.2, 0.25) is 0 Å². The fraction of sp³-hybridized carbons (Fsp3) is 0.364. The monoisotopic (exact) mass is 177 g/mol. The molecule has 0 aromatic heterocycles. The number of Topliss-reactive ketones (excluding diaryl/α,β-unsaturated/α-hetero) is 1. The van der Waals surface area contributed by atoms with E-state index in [1.165, 1.54) is 0 Å². The Kier molecular flexibility index (Phi) is 2.71. The molecule has 0 saturated carbocycles. The van der Waals surface area contributed by atoms with Crippen LogP contribution in [0.4, 0.5) is 5.69 Å². The molecule has 0 heterocycles. The maximum Gasteiger partial charge on any atom is 0.167 e. The Morgan fingerprint density at radius 1 is 1.38 bits per heavy atom. The fourth-order valence-corrected chi connectivity index (χ4v) is 1.19. The van der Waals surface area contributed by atoms with E-state index in [2.05, 4.69) is 0 Å². The summed E-state index contributed by atoms with van der Waals surface area (Å²) in [6, 6.07) is 5.54. The molecule has 70 valence electrons. The molecule has 0 amide bonds. The molecule has 0 radical (unpaired) electrons. The molecule has 0 fully saturated rings. The second-order valence-corrected chi connectivity index (χ2v) is 3.61. The first kappa shape index (κ1) is 9.78. The zero-order valence-electron chi connectivity index (χ0n) is 8.29. The number of hydrogen-bond donors (Lipinski definition) is 1. The average molecular weight is 177 g/mol. The second kappa shape index (κ2) is 3.60. The lowest BCUT2D eigenvalue weighted by molar-refractivity contribution is 0.0940. The normalized spacial score (nSPS) is 10.5. The minimum Gasteiger partial charge on any atom is -0.398 e. The number of anilines is 1. The Hall–Kier alpha value is -1.31. The van der Waals surface area contributed by atoms with Gasteiger partial charge in [0.15, 0.2) is 5.78 Å². The van der Waals surface area contributed by atoms with Crippen LogP contribution in [0.1, 0.15) is 29.8 Å². The largest absolute Gasteiger partial charge is 0.398 e. The van der Waals surface area contributed by atoms with E-state index >= 15 is 0 Å². The van der Waals surface area contributed by atoms with E-state index < -0.39 is 0 Å². The van der Waals surface area contributed by atoms with E-state index in [4.69, 9.17) is 5.73 Å². The number of carbonyl (C=O) groups excluding carboxylic acids is 1. The summed E-state index contributed by atoms with van der Waals surface area (Å²) in [6.07, 6.45) is 0. The quantitative estimate of drug-likeness (QED) is 0.557. The van der Waals surface area contributed by atoms with Gasteiger partial charge in [0, 0.05) is 17.2 Å². The van der Waals surface area contributed by atoms with Gasteiger partial charge in [-0.15, -0.1) is 0 Å². The number of nitrogen functional groups attached to an aromatic ring is 1. The van der Waals surface area contributed by atoms with E-state index in [9.17, 15) is 4.79 Å². The number of aryl methyl sites for hydroxylation is 1. The number of hydrogen-bond acceptors (Lipinski definition) is 2. The van der Waals surface area contributed by atoms with Gasteiger partial charge in [-0.3, -0.25) is 4.79 Å². The van der Waals surface area contributed by atoms with Crippen LogP contribution in [0.25, 0.3) is 0 Å². The van der Waals surface area contributed by atoms with Gasteiger partial charge in [-0.1, -0.05) is 25.5 Å².